The second-order valence-corrected chi connectivity index (χ2v) is 8.51. The number of ether oxygens (including phenoxy) is 2. The molecule has 2 aromatic rings. The van der Waals surface area contributed by atoms with E-state index in [0.29, 0.717) is 22.4 Å². The Bertz CT molecular complexity index is 1130. The molecule has 11 heteroatoms. The number of amides is 2. The second-order valence-electron chi connectivity index (χ2n) is 7.49. The Morgan fingerprint density at radius 3 is 2.12 bits per heavy atom. The summed E-state index contributed by atoms with van der Waals surface area (Å²) < 4.78 is 10.1. The molecule has 0 saturated carbocycles. The molecule has 178 valence electrons. The summed E-state index contributed by atoms with van der Waals surface area (Å²) in [6.07, 6.45) is 0. The molecule has 10 nitrogen and oxygen atoms in total. The molecule has 0 unspecified atom stereocenters. The highest BCUT2D eigenvalue weighted by molar-refractivity contribution is 7.18. The van der Waals surface area contributed by atoms with Crippen LogP contribution in [0.25, 0.3) is 0 Å². The molecular weight excluding hydrogens is 450 g/mol. The number of hydrogen-bond acceptors (Lipinski definition) is 8. The molecule has 0 spiro atoms. The van der Waals surface area contributed by atoms with E-state index in [1.54, 1.807) is 41.8 Å². The summed E-state index contributed by atoms with van der Waals surface area (Å²) in [6.45, 7) is 7.39. The van der Waals surface area contributed by atoms with Gasteiger partial charge in [-0.15, -0.1) is 11.3 Å². The molecule has 0 aromatic carbocycles. The Labute approximate surface area is 195 Å². The number of carbonyl (C=O) groups is 5. The van der Waals surface area contributed by atoms with Gasteiger partial charge in [0, 0.05) is 25.4 Å². The maximum Gasteiger partial charge on any atom is 0.355 e. The van der Waals surface area contributed by atoms with Crippen molar-refractivity contribution in [2.24, 2.45) is 0 Å². The third kappa shape index (κ3) is 5.48. The van der Waals surface area contributed by atoms with Gasteiger partial charge in [0.1, 0.15) is 10.7 Å². The number of carbonyl (C=O) groups excluding carboxylic acids is 5. The number of nitrogens with zero attached hydrogens (tertiary/aromatic N) is 1. The van der Waals surface area contributed by atoms with Crippen LogP contribution < -0.4 is 5.32 Å². The molecule has 0 saturated heterocycles. The van der Waals surface area contributed by atoms with Crippen molar-refractivity contribution < 1.29 is 33.4 Å². The van der Waals surface area contributed by atoms with Crippen molar-refractivity contribution in [1.82, 2.24) is 9.88 Å². The average Bonchev–Trinajstić information content (AvgIpc) is 3.21. The number of esters is 2. The Hall–Kier alpha value is -3.47. The summed E-state index contributed by atoms with van der Waals surface area (Å²) in [5.74, 6) is -2.69. The SMILES string of the molecule is CCOC(=O)c1c(NC(=O)COC(=O)c2[nH]c(C)c(C(C)=O)c2C)sc(C(=O)N(C)C)c1C. The van der Waals surface area contributed by atoms with Crippen LogP contribution in [0.5, 0.6) is 0 Å². The number of thiophene rings is 1. The van der Waals surface area contributed by atoms with Gasteiger partial charge in [-0.1, -0.05) is 0 Å². The van der Waals surface area contributed by atoms with E-state index >= 15 is 0 Å². The van der Waals surface area contributed by atoms with Gasteiger partial charge in [-0.3, -0.25) is 14.4 Å². The van der Waals surface area contributed by atoms with E-state index in [-0.39, 0.29) is 39.4 Å². The smallest absolute Gasteiger partial charge is 0.355 e. The third-order valence-electron chi connectivity index (χ3n) is 4.81. The van der Waals surface area contributed by atoms with Crippen LogP contribution in [-0.4, -0.2) is 66.7 Å². The van der Waals surface area contributed by atoms with Crippen LogP contribution in [0.2, 0.25) is 0 Å². The standard InChI is InChI=1S/C22H27N3O7S/c1-8-31-21(29)16-11(3)18(20(28)25(6)7)33-19(16)24-14(27)9-32-22(30)17-10(2)15(13(5)26)12(4)23-17/h23H,8-9H2,1-7H3,(H,24,27). The number of anilines is 1. The first kappa shape index (κ1) is 25.8. The zero-order chi connectivity index (χ0) is 25.0. The van der Waals surface area contributed by atoms with Gasteiger partial charge < -0.3 is 24.7 Å². The fourth-order valence-corrected chi connectivity index (χ4v) is 4.54. The molecular formula is C22H27N3O7S. The first-order valence-corrected chi connectivity index (χ1v) is 10.9. The number of Topliss-reactive ketones (excluding diaryl/α,β-unsaturated/α-hetero) is 1. The number of nitrogens with one attached hydrogen (secondary N) is 2. The van der Waals surface area contributed by atoms with Crippen molar-refractivity contribution in [3.8, 4) is 0 Å². The highest BCUT2D eigenvalue weighted by atomic mass is 32.1. The number of aromatic nitrogens is 1. The highest BCUT2D eigenvalue weighted by Crippen LogP contribution is 2.34. The lowest BCUT2D eigenvalue weighted by Crippen LogP contribution is -2.22. The van der Waals surface area contributed by atoms with Gasteiger partial charge in [-0.05, 0) is 45.7 Å². The van der Waals surface area contributed by atoms with Crippen LogP contribution >= 0.6 is 11.3 Å². The topological polar surface area (TPSA) is 135 Å². The summed E-state index contributed by atoms with van der Waals surface area (Å²) in [4.78, 5) is 66.0. The van der Waals surface area contributed by atoms with E-state index in [4.69, 9.17) is 9.47 Å². The molecule has 0 aliphatic carbocycles. The average molecular weight is 478 g/mol. The maximum atomic E-state index is 12.5. The number of ketones is 1. The van der Waals surface area contributed by atoms with E-state index in [0.717, 1.165) is 11.3 Å². The summed E-state index contributed by atoms with van der Waals surface area (Å²) >= 11 is 0.939. The lowest BCUT2D eigenvalue weighted by molar-refractivity contribution is -0.119. The van der Waals surface area contributed by atoms with Crippen molar-refractivity contribution in [3.05, 3.63) is 38.5 Å². The van der Waals surface area contributed by atoms with Gasteiger partial charge in [0.15, 0.2) is 12.4 Å². The lowest BCUT2D eigenvalue weighted by atomic mass is 10.1. The zero-order valence-corrected chi connectivity index (χ0v) is 20.4. The second kappa shape index (κ2) is 10.4. The molecule has 2 amide bonds. The lowest BCUT2D eigenvalue weighted by Gasteiger charge is -2.09. The minimum atomic E-state index is -0.797. The molecule has 0 aliphatic rings. The van der Waals surface area contributed by atoms with Crippen molar-refractivity contribution in [2.75, 3.05) is 32.6 Å². The van der Waals surface area contributed by atoms with Crippen LogP contribution in [0.1, 0.15) is 71.5 Å². The monoisotopic (exact) mass is 477 g/mol. The molecule has 33 heavy (non-hydrogen) atoms. The van der Waals surface area contributed by atoms with Gasteiger partial charge in [0.2, 0.25) is 0 Å². The van der Waals surface area contributed by atoms with E-state index in [2.05, 4.69) is 10.3 Å². The Morgan fingerprint density at radius 2 is 1.61 bits per heavy atom. The van der Waals surface area contributed by atoms with Crippen LogP contribution in [0.15, 0.2) is 0 Å². The molecule has 0 bridgehead atoms. The molecule has 0 fully saturated rings. The van der Waals surface area contributed by atoms with E-state index in [9.17, 15) is 24.0 Å². The molecule has 2 rings (SSSR count). The summed E-state index contributed by atoms with van der Waals surface area (Å²) in [6, 6.07) is 0. The molecule has 0 aliphatic heterocycles. The summed E-state index contributed by atoms with van der Waals surface area (Å²) in [7, 11) is 3.15. The number of H-pyrrole nitrogens is 1. The van der Waals surface area contributed by atoms with E-state index in [1.165, 1.54) is 11.8 Å². The van der Waals surface area contributed by atoms with Crippen LogP contribution in [0.3, 0.4) is 0 Å². The van der Waals surface area contributed by atoms with Crippen molar-refractivity contribution >= 4 is 45.9 Å². The maximum absolute atomic E-state index is 12.5. The fraction of sp³-hybridized carbons (Fsp3) is 0.409. The molecule has 0 atom stereocenters. The molecule has 0 radical (unpaired) electrons. The number of aromatic amines is 1. The minimum absolute atomic E-state index is 0.0775. The van der Waals surface area contributed by atoms with E-state index in [1.807, 2.05) is 0 Å². The Morgan fingerprint density at radius 1 is 0.970 bits per heavy atom. The van der Waals surface area contributed by atoms with Crippen molar-refractivity contribution in [2.45, 2.75) is 34.6 Å². The normalized spacial score (nSPS) is 10.5. The Balaban J connectivity index is 2.21. The number of hydrogen-bond donors (Lipinski definition) is 2. The predicted octanol–water partition coefficient (Wildman–Crippen LogP) is 2.88. The van der Waals surface area contributed by atoms with Gasteiger partial charge in [-0.25, -0.2) is 9.59 Å². The highest BCUT2D eigenvalue weighted by Gasteiger charge is 2.28. The van der Waals surface area contributed by atoms with Crippen molar-refractivity contribution in [1.29, 1.82) is 0 Å². The van der Waals surface area contributed by atoms with Gasteiger partial charge in [0.05, 0.1) is 17.0 Å². The van der Waals surface area contributed by atoms with Gasteiger partial charge >= 0.3 is 11.9 Å². The van der Waals surface area contributed by atoms with Crippen LogP contribution in [0, 0.1) is 20.8 Å². The van der Waals surface area contributed by atoms with E-state index < -0.39 is 24.5 Å². The minimum Gasteiger partial charge on any atom is -0.462 e. The Kier molecular flexibility index (Phi) is 8.15. The zero-order valence-electron chi connectivity index (χ0n) is 19.6. The molecule has 2 heterocycles. The quantitative estimate of drug-likeness (QED) is 0.441. The molecule has 2 aromatic heterocycles. The third-order valence-corrected chi connectivity index (χ3v) is 6.00. The summed E-state index contributed by atoms with van der Waals surface area (Å²) in [5, 5.41) is 2.66. The summed E-state index contributed by atoms with van der Waals surface area (Å²) in [5.41, 5.74) is 1.92. The van der Waals surface area contributed by atoms with Crippen LogP contribution in [0.4, 0.5) is 5.00 Å². The van der Waals surface area contributed by atoms with Gasteiger partial charge in [-0.2, -0.15) is 0 Å². The molecule has 2 N–H and O–H groups in total. The number of aryl methyl sites for hydroxylation is 1. The predicted molar refractivity (Wildman–Crippen MR) is 122 cm³/mol. The first-order chi connectivity index (χ1) is 15.4. The fourth-order valence-electron chi connectivity index (χ4n) is 3.31. The van der Waals surface area contributed by atoms with Crippen LogP contribution in [-0.2, 0) is 14.3 Å². The largest absolute Gasteiger partial charge is 0.462 e. The number of rotatable bonds is 8. The van der Waals surface area contributed by atoms with Crippen molar-refractivity contribution in [3.63, 3.8) is 0 Å². The first-order valence-electron chi connectivity index (χ1n) is 10.1. The van der Waals surface area contributed by atoms with Gasteiger partial charge in [0.25, 0.3) is 11.8 Å².